The fraction of sp³-hybridized carbons (Fsp3) is 0.600. The summed E-state index contributed by atoms with van der Waals surface area (Å²) in [5.41, 5.74) is 7.29. The van der Waals surface area contributed by atoms with Gasteiger partial charge in [0.15, 0.2) is 0 Å². The fourth-order valence-electron chi connectivity index (χ4n) is 1.97. The molecule has 3 heteroatoms. The van der Waals surface area contributed by atoms with Crippen molar-refractivity contribution in [2.45, 2.75) is 46.5 Å². The van der Waals surface area contributed by atoms with E-state index in [9.17, 15) is 4.39 Å². The van der Waals surface area contributed by atoms with E-state index in [1.165, 1.54) is 37.8 Å². The van der Waals surface area contributed by atoms with Crippen LogP contribution in [0.25, 0.3) is 0 Å². The molecule has 0 atom stereocenters. The third-order valence-corrected chi connectivity index (χ3v) is 3.23. The van der Waals surface area contributed by atoms with E-state index in [2.05, 4.69) is 26.1 Å². The number of hydrogen-bond donors (Lipinski definition) is 2. The van der Waals surface area contributed by atoms with Crippen LogP contribution in [0.3, 0.4) is 0 Å². The van der Waals surface area contributed by atoms with Crippen LogP contribution in [0.2, 0.25) is 0 Å². The summed E-state index contributed by atoms with van der Waals surface area (Å²) in [7, 11) is 0. The summed E-state index contributed by atoms with van der Waals surface area (Å²) in [5.74, 6) is -0.291. The molecule has 1 rings (SSSR count). The number of unbranched alkanes of at least 4 members (excludes halogenated alkanes) is 2. The van der Waals surface area contributed by atoms with Crippen molar-refractivity contribution in [1.82, 2.24) is 0 Å². The van der Waals surface area contributed by atoms with E-state index in [0.29, 0.717) is 5.69 Å². The molecular formula is C15H25FN2. The molecule has 0 aromatic heterocycles. The maximum Gasteiger partial charge on any atom is 0.125 e. The van der Waals surface area contributed by atoms with Gasteiger partial charge in [0.25, 0.3) is 0 Å². The normalized spacial score (nSPS) is 11.6. The second kappa shape index (κ2) is 6.62. The van der Waals surface area contributed by atoms with Gasteiger partial charge in [-0.25, -0.2) is 4.39 Å². The first-order valence-corrected chi connectivity index (χ1v) is 6.73. The molecule has 0 radical (unpaired) electrons. The smallest absolute Gasteiger partial charge is 0.125 e. The highest BCUT2D eigenvalue weighted by molar-refractivity contribution is 5.65. The third-order valence-electron chi connectivity index (χ3n) is 3.23. The highest BCUT2D eigenvalue weighted by atomic mass is 19.1. The quantitative estimate of drug-likeness (QED) is 0.556. The van der Waals surface area contributed by atoms with Crippen LogP contribution in [0.5, 0.6) is 0 Å². The summed E-state index contributed by atoms with van der Waals surface area (Å²) in [6.45, 7) is 7.56. The zero-order chi connectivity index (χ0) is 13.6. The minimum absolute atomic E-state index is 0.232. The standard InChI is InChI=1S/C15H25FN2/c1-4-5-6-9-15(2,3)11-18-14-8-7-12(16)10-13(14)17/h7-8,10,18H,4-6,9,11,17H2,1-3H3. The highest BCUT2D eigenvalue weighted by Gasteiger charge is 2.17. The Balaban J connectivity index is 2.48. The van der Waals surface area contributed by atoms with E-state index in [1.54, 1.807) is 6.07 Å². The number of benzene rings is 1. The maximum atomic E-state index is 12.9. The van der Waals surface area contributed by atoms with E-state index in [1.807, 2.05) is 0 Å². The Bertz CT molecular complexity index is 375. The van der Waals surface area contributed by atoms with Gasteiger partial charge >= 0.3 is 0 Å². The Hall–Kier alpha value is -1.25. The molecule has 0 spiro atoms. The summed E-state index contributed by atoms with van der Waals surface area (Å²) in [5, 5.41) is 3.32. The van der Waals surface area contributed by atoms with E-state index in [0.717, 1.165) is 12.2 Å². The Morgan fingerprint density at radius 3 is 2.61 bits per heavy atom. The number of nitrogen functional groups attached to an aromatic ring is 1. The van der Waals surface area contributed by atoms with E-state index >= 15 is 0 Å². The largest absolute Gasteiger partial charge is 0.397 e. The molecule has 0 saturated heterocycles. The van der Waals surface area contributed by atoms with Gasteiger partial charge < -0.3 is 11.1 Å². The zero-order valence-corrected chi connectivity index (χ0v) is 11.7. The van der Waals surface area contributed by atoms with Crippen molar-refractivity contribution in [1.29, 1.82) is 0 Å². The van der Waals surface area contributed by atoms with E-state index in [4.69, 9.17) is 5.73 Å². The fourth-order valence-corrected chi connectivity index (χ4v) is 1.97. The second-order valence-corrected chi connectivity index (χ2v) is 5.71. The second-order valence-electron chi connectivity index (χ2n) is 5.71. The van der Waals surface area contributed by atoms with Gasteiger partial charge in [-0.05, 0) is 30.0 Å². The van der Waals surface area contributed by atoms with Crippen LogP contribution < -0.4 is 11.1 Å². The van der Waals surface area contributed by atoms with Crippen molar-refractivity contribution in [3.8, 4) is 0 Å². The van der Waals surface area contributed by atoms with Crippen molar-refractivity contribution >= 4 is 11.4 Å². The lowest BCUT2D eigenvalue weighted by molar-refractivity contribution is 0.342. The molecule has 102 valence electrons. The molecule has 3 N–H and O–H groups in total. The van der Waals surface area contributed by atoms with Crippen LogP contribution in [0.15, 0.2) is 18.2 Å². The molecule has 0 aliphatic heterocycles. The number of nitrogens with one attached hydrogen (secondary N) is 1. The van der Waals surface area contributed by atoms with Crippen LogP contribution in [-0.2, 0) is 0 Å². The third kappa shape index (κ3) is 4.94. The molecular weight excluding hydrogens is 227 g/mol. The van der Waals surface area contributed by atoms with Gasteiger partial charge in [-0.2, -0.15) is 0 Å². The predicted molar refractivity (Wildman–Crippen MR) is 77.2 cm³/mol. The zero-order valence-electron chi connectivity index (χ0n) is 11.7. The Labute approximate surface area is 110 Å². The van der Waals surface area contributed by atoms with Crippen molar-refractivity contribution in [2.24, 2.45) is 5.41 Å². The Morgan fingerprint density at radius 2 is 2.00 bits per heavy atom. The van der Waals surface area contributed by atoms with Crippen LogP contribution in [0.1, 0.15) is 46.5 Å². The molecule has 0 saturated carbocycles. The van der Waals surface area contributed by atoms with Crippen molar-refractivity contribution < 1.29 is 4.39 Å². The Morgan fingerprint density at radius 1 is 1.28 bits per heavy atom. The average Bonchev–Trinajstić information content (AvgIpc) is 2.28. The van der Waals surface area contributed by atoms with Gasteiger partial charge in [0, 0.05) is 6.54 Å². The molecule has 0 bridgehead atoms. The Kier molecular flexibility index (Phi) is 5.45. The van der Waals surface area contributed by atoms with Crippen molar-refractivity contribution in [3.63, 3.8) is 0 Å². The lowest BCUT2D eigenvalue weighted by Gasteiger charge is -2.26. The minimum atomic E-state index is -0.291. The topological polar surface area (TPSA) is 38.0 Å². The molecule has 0 heterocycles. The SMILES string of the molecule is CCCCCC(C)(C)CNc1ccc(F)cc1N. The first-order chi connectivity index (χ1) is 8.44. The van der Waals surface area contributed by atoms with Gasteiger partial charge in [-0.15, -0.1) is 0 Å². The van der Waals surface area contributed by atoms with E-state index in [-0.39, 0.29) is 11.2 Å². The number of hydrogen-bond acceptors (Lipinski definition) is 2. The number of rotatable bonds is 7. The van der Waals surface area contributed by atoms with Crippen LogP contribution in [0.4, 0.5) is 15.8 Å². The van der Waals surface area contributed by atoms with Gasteiger partial charge in [0.1, 0.15) is 5.82 Å². The van der Waals surface area contributed by atoms with Crippen LogP contribution in [0, 0.1) is 11.2 Å². The summed E-state index contributed by atoms with van der Waals surface area (Å²) in [6.07, 6.45) is 4.97. The van der Waals surface area contributed by atoms with Gasteiger partial charge in [-0.3, -0.25) is 0 Å². The first kappa shape index (κ1) is 14.8. The molecule has 2 nitrogen and oxygen atoms in total. The minimum Gasteiger partial charge on any atom is -0.397 e. The molecule has 0 unspecified atom stereocenters. The van der Waals surface area contributed by atoms with E-state index < -0.39 is 0 Å². The van der Waals surface area contributed by atoms with Crippen LogP contribution >= 0.6 is 0 Å². The van der Waals surface area contributed by atoms with Crippen molar-refractivity contribution in [3.05, 3.63) is 24.0 Å². The number of nitrogens with two attached hydrogens (primary N) is 1. The molecule has 0 amide bonds. The highest BCUT2D eigenvalue weighted by Crippen LogP contribution is 2.26. The predicted octanol–water partition coefficient (Wildman–Crippen LogP) is 4.43. The first-order valence-electron chi connectivity index (χ1n) is 6.73. The maximum absolute atomic E-state index is 12.9. The molecule has 18 heavy (non-hydrogen) atoms. The lowest BCUT2D eigenvalue weighted by atomic mass is 9.87. The molecule has 0 aliphatic rings. The molecule has 1 aromatic rings. The van der Waals surface area contributed by atoms with Gasteiger partial charge in [0.2, 0.25) is 0 Å². The molecule has 0 fully saturated rings. The number of anilines is 2. The lowest BCUT2D eigenvalue weighted by Crippen LogP contribution is -2.23. The summed E-state index contributed by atoms with van der Waals surface area (Å²) in [6, 6.07) is 4.49. The number of halogens is 1. The molecule has 1 aromatic carbocycles. The summed E-state index contributed by atoms with van der Waals surface area (Å²) >= 11 is 0. The average molecular weight is 252 g/mol. The molecule has 0 aliphatic carbocycles. The summed E-state index contributed by atoms with van der Waals surface area (Å²) in [4.78, 5) is 0. The van der Waals surface area contributed by atoms with Gasteiger partial charge in [0.05, 0.1) is 11.4 Å². The van der Waals surface area contributed by atoms with Crippen molar-refractivity contribution in [2.75, 3.05) is 17.6 Å². The van der Waals surface area contributed by atoms with Crippen LogP contribution in [-0.4, -0.2) is 6.54 Å². The monoisotopic (exact) mass is 252 g/mol. The van der Waals surface area contributed by atoms with Gasteiger partial charge in [-0.1, -0.05) is 40.0 Å². The summed E-state index contributed by atoms with van der Waals surface area (Å²) < 4.78 is 12.9.